The lowest BCUT2D eigenvalue weighted by atomic mass is 10.0. The van der Waals surface area contributed by atoms with E-state index in [1.807, 2.05) is 47.7 Å². The van der Waals surface area contributed by atoms with Crippen molar-refractivity contribution in [1.82, 2.24) is 24.8 Å². The maximum atomic E-state index is 12.6. The molecule has 0 bridgehead atoms. The smallest absolute Gasteiger partial charge is 0.247 e. The van der Waals surface area contributed by atoms with Gasteiger partial charge in [-0.05, 0) is 56.4 Å². The van der Waals surface area contributed by atoms with Gasteiger partial charge < -0.3 is 20.3 Å². The molecule has 0 spiro atoms. The molecule has 12 nitrogen and oxygen atoms in total. The van der Waals surface area contributed by atoms with E-state index in [0.717, 1.165) is 69.3 Å². The van der Waals surface area contributed by atoms with E-state index >= 15 is 0 Å². The van der Waals surface area contributed by atoms with E-state index in [-0.39, 0.29) is 11.9 Å². The number of hydrogen-bond acceptors (Lipinski definition) is 11. The molecular formula is C35H45N9O3. The molecule has 1 aromatic carbocycles. The van der Waals surface area contributed by atoms with Gasteiger partial charge in [-0.3, -0.25) is 24.4 Å². The van der Waals surface area contributed by atoms with Gasteiger partial charge >= 0.3 is 0 Å². The van der Waals surface area contributed by atoms with Gasteiger partial charge in [-0.15, -0.1) is 0 Å². The third-order valence-corrected chi connectivity index (χ3v) is 9.82. The molecule has 12 heteroatoms. The average Bonchev–Trinajstić information content (AvgIpc) is 3.87. The fourth-order valence-corrected chi connectivity index (χ4v) is 7.14. The van der Waals surface area contributed by atoms with E-state index < -0.39 is 0 Å². The number of piperidine rings is 1. The Balaban J connectivity index is 1.06. The highest BCUT2D eigenvalue weighted by Gasteiger charge is 2.34. The normalized spacial score (nSPS) is 21.1. The number of carbonyl (C=O) groups excluding carboxylic acids is 1. The highest BCUT2D eigenvalue weighted by atomic mass is 16.7. The van der Waals surface area contributed by atoms with Crippen LogP contribution in [0.1, 0.15) is 37.8 Å². The van der Waals surface area contributed by atoms with Crippen LogP contribution in [0.5, 0.6) is 5.75 Å². The molecular weight excluding hydrogens is 594 g/mol. The molecule has 0 radical (unpaired) electrons. The number of nitrogens with zero attached hydrogens (tertiary/aromatic N) is 7. The van der Waals surface area contributed by atoms with Crippen LogP contribution < -0.4 is 25.3 Å². The molecule has 3 aliphatic heterocycles. The molecule has 248 valence electrons. The van der Waals surface area contributed by atoms with Crippen LogP contribution in [0.15, 0.2) is 61.6 Å². The number of aromatic nitrogens is 3. The molecule has 4 fully saturated rings. The van der Waals surface area contributed by atoms with Gasteiger partial charge in [0.15, 0.2) is 5.82 Å². The SMILES string of the molecule is C=CC(=O)Nc1cc(Nc2cc(N3OCCC3Cc3ccccn3)ncn2)c(OC)cc1N1CCC(N2CCN(C3CC3)CC2)CC1. The zero-order chi connectivity index (χ0) is 32.2. The largest absolute Gasteiger partial charge is 0.494 e. The second-order valence-corrected chi connectivity index (χ2v) is 12.8. The summed E-state index contributed by atoms with van der Waals surface area (Å²) in [5.74, 6) is 1.63. The number of hydrogen-bond donors (Lipinski definition) is 2. The molecule has 1 atom stereocenters. The van der Waals surface area contributed by atoms with Crippen LogP contribution in [-0.4, -0.2) is 102 Å². The minimum Gasteiger partial charge on any atom is -0.494 e. The van der Waals surface area contributed by atoms with Crippen molar-refractivity contribution in [2.24, 2.45) is 0 Å². The number of rotatable bonds is 11. The van der Waals surface area contributed by atoms with Gasteiger partial charge in [-0.1, -0.05) is 12.6 Å². The van der Waals surface area contributed by atoms with Crippen molar-refractivity contribution in [1.29, 1.82) is 0 Å². The summed E-state index contributed by atoms with van der Waals surface area (Å²) >= 11 is 0. The fraction of sp³-hybridized carbons (Fsp3) is 0.486. The highest BCUT2D eigenvalue weighted by molar-refractivity contribution is 6.02. The fourth-order valence-electron chi connectivity index (χ4n) is 7.14. The molecule has 2 N–H and O–H groups in total. The number of ether oxygens (including phenoxy) is 1. The van der Waals surface area contributed by atoms with Gasteiger partial charge in [0, 0.05) is 81.8 Å². The van der Waals surface area contributed by atoms with E-state index in [1.165, 1.54) is 38.3 Å². The van der Waals surface area contributed by atoms with Crippen LogP contribution in [0.25, 0.3) is 0 Å². The average molecular weight is 640 g/mol. The lowest BCUT2D eigenvalue weighted by Gasteiger charge is -2.43. The molecule has 7 rings (SSSR count). The van der Waals surface area contributed by atoms with Gasteiger partial charge in [-0.25, -0.2) is 15.0 Å². The lowest BCUT2D eigenvalue weighted by molar-refractivity contribution is -0.111. The number of amides is 1. The van der Waals surface area contributed by atoms with E-state index in [1.54, 1.807) is 7.11 Å². The second kappa shape index (κ2) is 14.2. The van der Waals surface area contributed by atoms with Crippen LogP contribution in [0.3, 0.4) is 0 Å². The van der Waals surface area contributed by atoms with E-state index in [0.29, 0.717) is 41.4 Å². The molecule has 47 heavy (non-hydrogen) atoms. The Hall–Kier alpha value is -4.26. The summed E-state index contributed by atoms with van der Waals surface area (Å²) in [5.41, 5.74) is 3.32. The lowest BCUT2D eigenvalue weighted by Crippen LogP contribution is -2.53. The van der Waals surface area contributed by atoms with Crippen molar-refractivity contribution >= 4 is 34.6 Å². The van der Waals surface area contributed by atoms with Crippen LogP contribution in [-0.2, 0) is 16.1 Å². The molecule has 2 aromatic heterocycles. The Labute approximate surface area is 276 Å². The Bertz CT molecular complexity index is 1540. The zero-order valence-electron chi connectivity index (χ0n) is 27.2. The Morgan fingerprint density at radius 3 is 2.40 bits per heavy atom. The molecule has 4 aliphatic rings. The van der Waals surface area contributed by atoms with Gasteiger partial charge in [-0.2, -0.15) is 0 Å². The van der Waals surface area contributed by atoms with E-state index in [9.17, 15) is 4.79 Å². The maximum Gasteiger partial charge on any atom is 0.247 e. The number of piperazine rings is 1. The first-order valence-electron chi connectivity index (χ1n) is 16.9. The zero-order valence-corrected chi connectivity index (χ0v) is 27.2. The molecule has 1 unspecified atom stereocenters. The quantitative estimate of drug-likeness (QED) is 0.294. The van der Waals surface area contributed by atoms with Gasteiger partial charge in [0.2, 0.25) is 5.91 Å². The number of benzene rings is 1. The van der Waals surface area contributed by atoms with Crippen LogP contribution in [0, 0.1) is 0 Å². The van der Waals surface area contributed by atoms with Crippen molar-refractivity contribution in [3.05, 3.63) is 67.3 Å². The van der Waals surface area contributed by atoms with Crippen LogP contribution in [0.4, 0.5) is 28.7 Å². The summed E-state index contributed by atoms with van der Waals surface area (Å²) in [5, 5.41) is 8.30. The summed E-state index contributed by atoms with van der Waals surface area (Å²) < 4.78 is 5.88. The third-order valence-electron chi connectivity index (χ3n) is 9.82. The Morgan fingerprint density at radius 1 is 0.957 bits per heavy atom. The first-order valence-corrected chi connectivity index (χ1v) is 16.9. The topological polar surface area (TPSA) is 111 Å². The summed E-state index contributed by atoms with van der Waals surface area (Å²) in [7, 11) is 1.66. The molecule has 3 saturated heterocycles. The molecule has 1 saturated carbocycles. The molecule has 1 aliphatic carbocycles. The van der Waals surface area contributed by atoms with Crippen molar-refractivity contribution in [3.8, 4) is 5.75 Å². The second-order valence-electron chi connectivity index (χ2n) is 12.8. The van der Waals surface area contributed by atoms with E-state index in [2.05, 4.69) is 46.9 Å². The highest BCUT2D eigenvalue weighted by Crippen LogP contribution is 2.40. The summed E-state index contributed by atoms with van der Waals surface area (Å²) in [4.78, 5) is 39.8. The Morgan fingerprint density at radius 2 is 1.72 bits per heavy atom. The predicted octanol–water partition coefficient (Wildman–Crippen LogP) is 4.25. The Kier molecular flexibility index (Phi) is 9.50. The molecule has 3 aromatic rings. The first kappa shape index (κ1) is 31.3. The third kappa shape index (κ3) is 7.34. The van der Waals surface area contributed by atoms with Gasteiger partial charge in [0.25, 0.3) is 0 Å². The maximum absolute atomic E-state index is 12.6. The van der Waals surface area contributed by atoms with Crippen LogP contribution >= 0.6 is 0 Å². The number of carbonyl (C=O) groups is 1. The number of methoxy groups -OCH3 is 1. The molecule has 1 amide bonds. The standard InChI is InChI=1S/C35H45N9O3/c1-3-35(45)40-29-21-30(39-33-23-34(38-24-37-33)44-28(11-19-47-44)20-25-6-4-5-12-36-25)32(46-2)22-31(29)43-13-9-27(10-14-43)42-17-15-41(16-18-42)26-7-8-26/h3-6,12,21-24,26-28H,1,7-11,13-20H2,2H3,(H,40,45)(H,37,38,39). The monoisotopic (exact) mass is 639 g/mol. The van der Waals surface area contributed by atoms with E-state index in [4.69, 9.17) is 9.57 Å². The van der Waals surface area contributed by atoms with Gasteiger partial charge in [0.1, 0.15) is 17.9 Å². The van der Waals surface area contributed by atoms with Crippen molar-refractivity contribution in [2.45, 2.75) is 56.7 Å². The predicted molar refractivity (Wildman–Crippen MR) is 183 cm³/mol. The number of hydroxylamine groups is 1. The summed E-state index contributed by atoms with van der Waals surface area (Å²) in [6.07, 6.45) is 11.2. The number of anilines is 5. The minimum atomic E-state index is -0.264. The molecule has 5 heterocycles. The minimum absolute atomic E-state index is 0.110. The van der Waals surface area contributed by atoms with Gasteiger partial charge in [0.05, 0.1) is 36.8 Å². The summed E-state index contributed by atoms with van der Waals surface area (Å²) in [6, 6.07) is 13.3. The first-order chi connectivity index (χ1) is 23.1. The number of pyridine rings is 1. The van der Waals surface area contributed by atoms with Crippen molar-refractivity contribution < 1.29 is 14.4 Å². The number of nitrogens with one attached hydrogen (secondary N) is 2. The van der Waals surface area contributed by atoms with Crippen LogP contribution in [0.2, 0.25) is 0 Å². The van der Waals surface area contributed by atoms with Crippen molar-refractivity contribution in [2.75, 3.05) is 73.6 Å². The van der Waals surface area contributed by atoms with Crippen molar-refractivity contribution in [3.63, 3.8) is 0 Å². The summed E-state index contributed by atoms with van der Waals surface area (Å²) in [6.45, 7) is 10.8.